The Balaban J connectivity index is 2.31. The Hall–Kier alpha value is -1.75. The molecule has 1 heterocycles. The lowest BCUT2D eigenvalue weighted by Gasteiger charge is -2.34. The van der Waals surface area contributed by atoms with Gasteiger partial charge in [0.2, 0.25) is 0 Å². The largest absolute Gasteiger partial charge is 0.399 e. The van der Waals surface area contributed by atoms with E-state index in [1.165, 1.54) is 0 Å². The van der Waals surface area contributed by atoms with E-state index in [9.17, 15) is 9.90 Å². The first-order valence-electron chi connectivity index (χ1n) is 6.63. The van der Waals surface area contributed by atoms with Gasteiger partial charge in [0.15, 0.2) is 0 Å². The monoisotopic (exact) mass is 263 g/mol. The lowest BCUT2D eigenvalue weighted by Crippen LogP contribution is -2.38. The molecule has 0 aromatic heterocycles. The van der Waals surface area contributed by atoms with Gasteiger partial charge in [-0.05, 0) is 37.0 Å². The van der Waals surface area contributed by atoms with Gasteiger partial charge in [-0.15, -0.1) is 0 Å². The molecule has 1 unspecified atom stereocenters. The minimum Gasteiger partial charge on any atom is -0.399 e. The fourth-order valence-corrected chi connectivity index (χ4v) is 2.57. The number of anilines is 2. The van der Waals surface area contributed by atoms with Crippen LogP contribution in [0, 0.1) is 5.92 Å². The Morgan fingerprint density at radius 3 is 3.05 bits per heavy atom. The third kappa shape index (κ3) is 2.98. The summed E-state index contributed by atoms with van der Waals surface area (Å²) in [6, 6.07) is 5.33. The zero-order chi connectivity index (χ0) is 13.8. The van der Waals surface area contributed by atoms with E-state index < -0.39 is 0 Å². The number of carbonyl (C=O) groups excluding carboxylic acids is 1. The number of nitrogens with two attached hydrogens (primary N) is 1. The lowest BCUT2D eigenvalue weighted by atomic mass is 9.97. The number of amides is 1. The van der Waals surface area contributed by atoms with Gasteiger partial charge in [-0.2, -0.15) is 0 Å². The van der Waals surface area contributed by atoms with E-state index in [1.54, 1.807) is 19.2 Å². The first kappa shape index (κ1) is 13.7. The van der Waals surface area contributed by atoms with Crippen molar-refractivity contribution in [2.75, 3.05) is 37.4 Å². The lowest BCUT2D eigenvalue weighted by molar-refractivity contribution is 0.0963. The molecule has 1 atom stereocenters. The Kier molecular flexibility index (Phi) is 4.27. The molecular weight excluding hydrogens is 242 g/mol. The van der Waals surface area contributed by atoms with Crippen LogP contribution in [0.4, 0.5) is 11.4 Å². The summed E-state index contributed by atoms with van der Waals surface area (Å²) in [7, 11) is 1.62. The molecule has 1 saturated heterocycles. The molecular formula is C14H21N3O2. The summed E-state index contributed by atoms with van der Waals surface area (Å²) >= 11 is 0. The summed E-state index contributed by atoms with van der Waals surface area (Å²) in [5, 5.41) is 12.0. The van der Waals surface area contributed by atoms with Crippen LogP contribution in [-0.4, -0.2) is 37.8 Å². The maximum Gasteiger partial charge on any atom is 0.253 e. The summed E-state index contributed by atoms with van der Waals surface area (Å²) in [5.74, 6) is 0.161. The molecule has 0 radical (unpaired) electrons. The average molecular weight is 263 g/mol. The molecule has 0 aliphatic carbocycles. The Bertz CT molecular complexity index is 462. The van der Waals surface area contributed by atoms with E-state index in [1.807, 2.05) is 6.07 Å². The Labute approximate surface area is 113 Å². The average Bonchev–Trinajstić information content (AvgIpc) is 2.46. The van der Waals surface area contributed by atoms with Gasteiger partial charge < -0.3 is 21.1 Å². The number of nitrogens with zero attached hydrogens (tertiary/aromatic N) is 1. The highest BCUT2D eigenvalue weighted by molar-refractivity contribution is 6.00. The van der Waals surface area contributed by atoms with Gasteiger partial charge in [-0.1, -0.05) is 0 Å². The topological polar surface area (TPSA) is 78.6 Å². The molecule has 1 aromatic carbocycles. The summed E-state index contributed by atoms with van der Waals surface area (Å²) in [6.07, 6.45) is 2.05. The van der Waals surface area contributed by atoms with E-state index in [0.29, 0.717) is 11.3 Å². The Morgan fingerprint density at radius 2 is 2.37 bits per heavy atom. The predicted molar refractivity (Wildman–Crippen MR) is 76.3 cm³/mol. The molecule has 4 N–H and O–H groups in total. The molecule has 1 aliphatic heterocycles. The number of piperidine rings is 1. The van der Waals surface area contributed by atoms with Crippen LogP contribution in [0.5, 0.6) is 0 Å². The molecule has 2 rings (SSSR count). The van der Waals surface area contributed by atoms with E-state index in [2.05, 4.69) is 10.2 Å². The van der Waals surface area contributed by atoms with Gasteiger partial charge in [0.1, 0.15) is 0 Å². The van der Waals surface area contributed by atoms with Gasteiger partial charge in [0.25, 0.3) is 5.91 Å². The molecule has 19 heavy (non-hydrogen) atoms. The van der Waals surface area contributed by atoms with Gasteiger partial charge in [0.05, 0.1) is 11.3 Å². The second-order valence-electron chi connectivity index (χ2n) is 4.99. The van der Waals surface area contributed by atoms with Crippen LogP contribution in [0.3, 0.4) is 0 Å². The van der Waals surface area contributed by atoms with E-state index >= 15 is 0 Å². The highest BCUT2D eigenvalue weighted by atomic mass is 16.3. The van der Waals surface area contributed by atoms with Crippen molar-refractivity contribution in [3.05, 3.63) is 23.8 Å². The van der Waals surface area contributed by atoms with Crippen molar-refractivity contribution < 1.29 is 9.90 Å². The van der Waals surface area contributed by atoms with E-state index in [4.69, 9.17) is 5.73 Å². The number of benzene rings is 1. The number of nitrogens with one attached hydrogen (secondary N) is 1. The van der Waals surface area contributed by atoms with Crippen LogP contribution in [0.15, 0.2) is 18.2 Å². The third-order valence-electron chi connectivity index (χ3n) is 3.61. The van der Waals surface area contributed by atoms with Crippen molar-refractivity contribution >= 4 is 17.3 Å². The normalized spacial score (nSPS) is 19.3. The number of carbonyl (C=O) groups is 1. The summed E-state index contributed by atoms with van der Waals surface area (Å²) in [6.45, 7) is 1.85. The molecule has 0 spiro atoms. The number of hydrogen-bond acceptors (Lipinski definition) is 4. The van der Waals surface area contributed by atoms with Crippen LogP contribution >= 0.6 is 0 Å². The van der Waals surface area contributed by atoms with Gasteiger partial charge in [0, 0.05) is 32.4 Å². The number of hydrogen-bond donors (Lipinski definition) is 3. The Morgan fingerprint density at radius 1 is 1.58 bits per heavy atom. The standard InChI is InChI=1S/C14H21N3O2/c1-16-14(19)12-5-4-11(15)7-13(12)17-6-2-3-10(8-17)9-18/h4-5,7,10,18H,2-3,6,8-9,15H2,1H3,(H,16,19). The molecule has 5 nitrogen and oxygen atoms in total. The smallest absolute Gasteiger partial charge is 0.253 e. The minimum atomic E-state index is -0.110. The fourth-order valence-electron chi connectivity index (χ4n) is 2.57. The van der Waals surface area contributed by atoms with Gasteiger partial charge in [-0.25, -0.2) is 0 Å². The molecule has 1 aliphatic rings. The molecule has 1 amide bonds. The highest BCUT2D eigenvalue weighted by Gasteiger charge is 2.23. The SMILES string of the molecule is CNC(=O)c1ccc(N)cc1N1CCCC(CO)C1. The van der Waals surface area contributed by atoms with Crippen molar-refractivity contribution in [1.29, 1.82) is 0 Å². The van der Waals surface area contributed by atoms with Gasteiger partial charge in [-0.3, -0.25) is 4.79 Å². The van der Waals surface area contributed by atoms with Crippen molar-refractivity contribution in [2.45, 2.75) is 12.8 Å². The van der Waals surface area contributed by atoms with Crippen LogP contribution < -0.4 is 16.0 Å². The second kappa shape index (κ2) is 5.93. The maximum absolute atomic E-state index is 11.9. The first-order chi connectivity index (χ1) is 9.15. The molecule has 1 aromatic rings. The first-order valence-corrected chi connectivity index (χ1v) is 6.63. The molecule has 0 saturated carbocycles. The zero-order valence-electron chi connectivity index (χ0n) is 11.2. The van der Waals surface area contributed by atoms with Crippen LogP contribution in [-0.2, 0) is 0 Å². The summed E-state index contributed by atoms with van der Waals surface area (Å²) in [5.41, 5.74) is 7.98. The van der Waals surface area contributed by atoms with Gasteiger partial charge >= 0.3 is 0 Å². The van der Waals surface area contributed by atoms with Crippen LogP contribution in [0.25, 0.3) is 0 Å². The van der Waals surface area contributed by atoms with Crippen molar-refractivity contribution in [1.82, 2.24) is 5.32 Å². The molecule has 5 heteroatoms. The number of nitrogen functional groups attached to an aromatic ring is 1. The van der Waals surface area contributed by atoms with Crippen molar-refractivity contribution in [3.8, 4) is 0 Å². The van der Waals surface area contributed by atoms with E-state index in [-0.39, 0.29) is 18.4 Å². The predicted octanol–water partition coefficient (Wildman–Crippen LogP) is 0.837. The summed E-state index contributed by atoms with van der Waals surface area (Å²) in [4.78, 5) is 14.1. The van der Waals surface area contributed by atoms with Crippen molar-refractivity contribution in [2.24, 2.45) is 5.92 Å². The van der Waals surface area contributed by atoms with Crippen LogP contribution in [0.1, 0.15) is 23.2 Å². The summed E-state index contributed by atoms with van der Waals surface area (Å²) < 4.78 is 0. The quantitative estimate of drug-likeness (QED) is 0.706. The highest BCUT2D eigenvalue weighted by Crippen LogP contribution is 2.28. The molecule has 104 valence electrons. The maximum atomic E-state index is 11.9. The third-order valence-corrected chi connectivity index (χ3v) is 3.61. The van der Waals surface area contributed by atoms with Crippen molar-refractivity contribution in [3.63, 3.8) is 0 Å². The van der Waals surface area contributed by atoms with E-state index in [0.717, 1.165) is 31.6 Å². The van der Waals surface area contributed by atoms with Crippen LogP contribution in [0.2, 0.25) is 0 Å². The molecule has 1 fully saturated rings. The minimum absolute atomic E-state index is 0.110. The molecule has 0 bridgehead atoms. The number of aliphatic hydroxyl groups is 1. The number of rotatable bonds is 3. The zero-order valence-corrected chi connectivity index (χ0v) is 11.2. The fraction of sp³-hybridized carbons (Fsp3) is 0.500. The number of aliphatic hydroxyl groups excluding tert-OH is 1. The second-order valence-corrected chi connectivity index (χ2v) is 4.99.